The van der Waals surface area contributed by atoms with Crippen LogP contribution in [0.15, 0.2) is 24.3 Å². The van der Waals surface area contributed by atoms with Gasteiger partial charge in [-0.25, -0.2) is 9.18 Å². The summed E-state index contributed by atoms with van der Waals surface area (Å²) in [5.74, 6) is -0.352. The number of piperazine rings is 1. The number of hydrogen-bond donors (Lipinski definition) is 2. The molecule has 1 aromatic rings. The molecule has 1 saturated heterocycles. The zero-order chi connectivity index (χ0) is 14.4. The molecule has 2 amide bonds. The molecule has 110 valence electrons. The molecule has 6 heteroatoms. The molecule has 20 heavy (non-hydrogen) atoms. The molecule has 0 atom stereocenters. The number of urea groups is 1. The van der Waals surface area contributed by atoms with E-state index in [4.69, 9.17) is 5.73 Å². The normalized spacial score (nSPS) is 16.2. The summed E-state index contributed by atoms with van der Waals surface area (Å²) in [7, 11) is 0. The first-order valence-electron chi connectivity index (χ1n) is 6.93. The molecule has 2 rings (SSSR count). The quantitative estimate of drug-likeness (QED) is 0.874. The maximum atomic E-state index is 13.0. The zero-order valence-corrected chi connectivity index (χ0v) is 11.5. The van der Waals surface area contributed by atoms with Gasteiger partial charge in [0.25, 0.3) is 0 Å². The Morgan fingerprint density at radius 1 is 1.30 bits per heavy atom. The minimum Gasteiger partial charge on any atom is -0.330 e. The first-order chi connectivity index (χ1) is 9.69. The Morgan fingerprint density at radius 3 is 2.70 bits per heavy atom. The summed E-state index contributed by atoms with van der Waals surface area (Å²) in [6, 6.07) is 5.75. The predicted octanol–water partition coefficient (Wildman–Crippen LogP) is 1.32. The highest BCUT2D eigenvalue weighted by atomic mass is 19.1. The van der Waals surface area contributed by atoms with Crippen LogP contribution < -0.4 is 11.1 Å². The highest BCUT2D eigenvalue weighted by molar-refractivity contribution is 5.89. The Kier molecular flexibility index (Phi) is 5.31. The number of carbonyl (C=O) groups is 1. The van der Waals surface area contributed by atoms with Gasteiger partial charge in [-0.2, -0.15) is 0 Å². The molecule has 1 heterocycles. The monoisotopic (exact) mass is 280 g/mol. The van der Waals surface area contributed by atoms with Gasteiger partial charge in [0, 0.05) is 31.9 Å². The molecule has 0 unspecified atom stereocenters. The number of rotatable bonds is 4. The second-order valence-corrected chi connectivity index (χ2v) is 4.91. The number of amides is 2. The molecule has 3 N–H and O–H groups in total. The van der Waals surface area contributed by atoms with Crippen LogP contribution in [0.25, 0.3) is 0 Å². The highest BCUT2D eigenvalue weighted by Gasteiger charge is 2.20. The summed E-state index contributed by atoms with van der Waals surface area (Å²) in [4.78, 5) is 16.1. The standard InChI is InChI=1S/C14H21FN4O/c15-12-3-1-4-13(11-12)17-14(20)19-9-7-18(8-10-19)6-2-5-16/h1,3-4,11H,2,5-10,16H2,(H,17,20). The van der Waals surface area contributed by atoms with Crippen molar-refractivity contribution in [3.63, 3.8) is 0 Å². The number of nitrogens with two attached hydrogens (primary N) is 1. The lowest BCUT2D eigenvalue weighted by Crippen LogP contribution is -2.50. The Bertz CT molecular complexity index is 447. The second-order valence-electron chi connectivity index (χ2n) is 4.91. The van der Waals surface area contributed by atoms with Crippen molar-refractivity contribution >= 4 is 11.7 Å². The van der Waals surface area contributed by atoms with Gasteiger partial charge in [0.05, 0.1) is 0 Å². The molecular weight excluding hydrogens is 259 g/mol. The minimum absolute atomic E-state index is 0.172. The van der Waals surface area contributed by atoms with E-state index in [9.17, 15) is 9.18 Å². The van der Waals surface area contributed by atoms with Crippen LogP contribution in [0.3, 0.4) is 0 Å². The van der Waals surface area contributed by atoms with Gasteiger partial charge in [-0.15, -0.1) is 0 Å². The topological polar surface area (TPSA) is 61.6 Å². The van der Waals surface area contributed by atoms with E-state index in [2.05, 4.69) is 10.2 Å². The van der Waals surface area contributed by atoms with Crippen molar-refractivity contribution in [3.05, 3.63) is 30.1 Å². The molecule has 0 radical (unpaired) electrons. The van der Waals surface area contributed by atoms with Crippen molar-refractivity contribution in [2.45, 2.75) is 6.42 Å². The van der Waals surface area contributed by atoms with Gasteiger partial charge in [0.15, 0.2) is 0 Å². The van der Waals surface area contributed by atoms with Crippen LogP contribution in [0.1, 0.15) is 6.42 Å². The predicted molar refractivity (Wildman–Crippen MR) is 77.1 cm³/mol. The highest BCUT2D eigenvalue weighted by Crippen LogP contribution is 2.11. The molecule has 0 saturated carbocycles. The van der Waals surface area contributed by atoms with E-state index in [0.29, 0.717) is 25.3 Å². The molecule has 1 aliphatic rings. The van der Waals surface area contributed by atoms with E-state index >= 15 is 0 Å². The van der Waals surface area contributed by atoms with Gasteiger partial charge < -0.3 is 16.0 Å². The number of benzene rings is 1. The fourth-order valence-corrected chi connectivity index (χ4v) is 2.26. The Hall–Kier alpha value is -1.66. The van der Waals surface area contributed by atoms with E-state index in [0.717, 1.165) is 26.1 Å². The lowest BCUT2D eigenvalue weighted by Gasteiger charge is -2.34. The van der Waals surface area contributed by atoms with E-state index in [1.165, 1.54) is 12.1 Å². The largest absolute Gasteiger partial charge is 0.330 e. The maximum absolute atomic E-state index is 13.0. The van der Waals surface area contributed by atoms with Gasteiger partial charge in [0.2, 0.25) is 0 Å². The summed E-state index contributed by atoms with van der Waals surface area (Å²) in [5, 5.41) is 2.72. The van der Waals surface area contributed by atoms with Gasteiger partial charge in [-0.1, -0.05) is 6.07 Å². The van der Waals surface area contributed by atoms with Crippen LogP contribution in [0.5, 0.6) is 0 Å². The third kappa shape index (κ3) is 4.18. The molecular formula is C14H21FN4O. The fraction of sp³-hybridized carbons (Fsp3) is 0.500. The summed E-state index contributed by atoms with van der Waals surface area (Å²) in [6.45, 7) is 4.76. The van der Waals surface area contributed by atoms with E-state index in [-0.39, 0.29) is 11.8 Å². The van der Waals surface area contributed by atoms with Gasteiger partial charge in [0.1, 0.15) is 5.82 Å². The fourth-order valence-electron chi connectivity index (χ4n) is 2.26. The van der Waals surface area contributed by atoms with Crippen molar-refractivity contribution < 1.29 is 9.18 Å². The van der Waals surface area contributed by atoms with E-state index < -0.39 is 0 Å². The number of halogens is 1. The number of nitrogens with zero attached hydrogens (tertiary/aromatic N) is 2. The first-order valence-corrected chi connectivity index (χ1v) is 6.93. The van der Waals surface area contributed by atoms with Crippen molar-refractivity contribution in [2.24, 2.45) is 5.73 Å². The molecule has 0 spiro atoms. The van der Waals surface area contributed by atoms with Crippen molar-refractivity contribution in [1.29, 1.82) is 0 Å². The zero-order valence-electron chi connectivity index (χ0n) is 11.5. The first kappa shape index (κ1) is 14.7. The molecule has 1 aromatic carbocycles. The van der Waals surface area contributed by atoms with Crippen LogP contribution in [-0.2, 0) is 0 Å². The third-order valence-corrected chi connectivity index (χ3v) is 3.41. The number of anilines is 1. The third-order valence-electron chi connectivity index (χ3n) is 3.41. The van der Waals surface area contributed by atoms with Crippen molar-refractivity contribution in [1.82, 2.24) is 9.80 Å². The summed E-state index contributed by atoms with van der Waals surface area (Å²) >= 11 is 0. The van der Waals surface area contributed by atoms with Crippen molar-refractivity contribution in [3.8, 4) is 0 Å². The molecule has 5 nitrogen and oxygen atoms in total. The van der Waals surface area contributed by atoms with Gasteiger partial charge >= 0.3 is 6.03 Å². The average Bonchev–Trinajstić information content (AvgIpc) is 2.45. The van der Waals surface area contributed by atoms with Crippen molar-refractivity contribution in [2.75, 3.05) is 44.6 Å². The lowest BCUT2D eigenvalue weighted by molar-refractivity contribution is 0.147. The molecule has 0 aromatic heterocycles. The van der Waals surface area contributed by atoms with Gasteiger partial charge in [-0.05, 0) is 37.7 Å². The smallest absolute Gasteiger partial charge is 0.321 e. The SMILES string of the molecule is NCCCN1CCN(C(=O)Nc2cccc(F)c2)CC1. The lowest BCUT2D eigenvalue weighted by atomic mass is 10.3. The Balaban J connectivity index is 1.80. The number of hydrogen-bond acceptors (Lipinski definition) is 3. The average molecular weight is 280 g/mol. The molecule has 1 fully saturated rings. The van der Waals surface area contributed by atoms with E-state index in [1.54, 1.807) is 17.0 Å². The Labute approximate surface area is 118 Å². The van der Waals surface area contributed by atoms with Crippen LogP contribution in [-0.4, -0.2) is 55.1 Å². The number of nitrogens with one attached hydrogen (secondary N) is 1. The Morgan fingerprint density at radius 2 is 2.05 bits per heavy atom. The van der Waals surface area contributed by atoms with Gasteiger partial charge in [-0.3, -0.25) is 4.90 Å². The van der Waals surface area contributed by atoms with Crippen LogP contribution >= 0.6 is 0 Å². The molecule has 1 aliphatic heterocycles. The van der Waals surface area contributed by atoms with Crippen LogP contribution in [0.4, 0.5) is 14.9 Å². The summed E-state index contributed by atoms with van der Waals surface area (Å²) < 4.78 is 13.0. The second kappa shape index (κ2) is 7.21. The summed E-state index contributed by atoms with van der Waals surface area (Å²) in [6.07, 6.45) is 0.982. The van der Waals surface area contributed by atoms with E-state index in [1.807, 2.05) is 0 Å². The molecule has 0 bridgehead atoms. The molecule has 0 aliphatic carbocycles. The minimum atomic E-state index is -0.352. The van der Waals surface area contributed by atoms with Crippen LogP contribution in [0, 0.1) is 5.82 Å². The van der Waals surface area contributed by atoms with Crippen LogP contribution in [0.2, 0.25) is 0 Å². The number of carbonyl (C=O) groups excluding carboxylic acids is 1. The summed E-state index contributed by atoms with van der Waals surface area (Å²) in [5.41, 5.74) is 5.97. The maximum Gasteiger partial charge on any atom is 0.321 e.